The molecule has 1 unspecified atom stereocenters. The lowest BCUT2D eigenvalue weighted by Crippen LogP contribution is -2.38. The van der Waals surface area contributed by atoms with Gasteiger partial charge in [0.2, 0.25) is 0 Å². The monoisotopic (exact) mass is 335 g/mol. The van der Waals surface area contributed by atoms with Gasteiger partial charge < -0.3 is 19.9 Å². The van der Waals surface area contributed by atoms with Crippen LogP contribution < -0.4 is 5.32 Å². The molecule has 1 amide bonds. The maximum Gasteiger partial charge on any atom is 0.408 e. The second-order valence-electron chi connectivity index (χ2n) is 6.97. The minimum Gasteiger partial charge on any atom is -0.479 e. The summed E-state index contributed by atoms with van der Waals surface area (Å²) in [6.45, 7) is 6.69. The molecule has 1 atom stereocenters. The third-order valence-electron chi connectivity index (χ3n) is 3.87. The smallest absolute Gasteiger partial charge is 0.408 e. The van der Waals surface area contributed by atoms with Gasteiger partial charge in [-0.3, -0.25) is 0 Å². The Labute approximate surface area is 142 Å². The molecule has 6 heteroatoms. The zero-order valence-electron chi connectivity index (χ0n) is 14.4. The summed E-state index contributed by atoms with van der Waals surface area (Å²) in [7, 11) is 0. The Kier molecular flexibility index (Phi) is 5.83. The molecule has 1 fully saturated rings. The normalized spacial score (nSPS) is 17.1. The third kappa shape index (κ3) is 5.23. The first kappa shape index (κ1) is 18.3. The lowest BCUT2D eigenvalue weighted by molar-refractivity contribution is -0.139. The Bertz CT molecular complexity index is 570. The van der Waals surface area contributed by atoms with Gasteiger partial charge in [-0.25, -0.2) is 9.59 Å². The van der Waals surface area contributed by atoms with Gasteiger partial charge in [-0.05, 0) is 50.7 Å². The van der Waals surface area contributed by atoms with E-state index in [1.54, 1.807) is 32.9 Å². The molecule has 1 aliphatic heterocycles. The zero-order chi connectivity index (χ0) is 17.7. The fraction of sp³-hybridized carbons (Fsp3) is 0.556. The van der Waals surface area contributed by atoms with Gasteiger partial charge in [0.15, 0.2) is 6.04 Å². The van der Waals surface area contributed by atoms with E-state index in [0.29, 0.717) is 11.5 Å². The van der Waals surface area contributed by atoms with Gasteiger partial charge >= 0.3 is 12.1 Å². The van der Waals surface area contributed by atoms with Crippen LogP contribution in [0.1, 0.15) is 56.7 Å². The van der Waals surface area contributed by atoms with Crippen molar-refractivity contribution in [2.24, 2.45) is 0 Å². The average Bonchev–Trinajstić information content (AvgIpc) is 2.52. The Morgan fingerprint density at radius 3 is 2.29 bits per heavy atom. The van der Waals surface area contributed by atoms with Crippen molar-refractivity contribution in [1.82, 2.24) is 5.32 Å². The lowest BCUT2D eigenvalue weighted by atomic mass is 9.90. The van der Waals surface area contributed by atoms with E-state index in [9.17, 15) is 14.7 Å². The van der Waals surface area contributed by atoms with Gasteiger partial charge in [0.05, 0.1) is 0 Å². The van der Waals surface area contributed by atoms with Gasteiger partial charge in [0, 0.05) is 13.2 Å². The number of carboxylic acid groups (broad SMARTS) is 1. The summed E-state index contributed by atoms with van der Waals surface area (Å²) in [6, 6.07) is 6.22. The number of ether oxygens (including phenoxy) is 2. The Hall–Kier alpha value is -2.08. The van der Waals surface area contributed by atoms with Crippen LogP contribution in [-0.2, 0) is 14.3 Å². The van der Waals surface area contributed by atoms with Crippen LogP contribution in [0.25, 0.3) is 0 Å². The first-order chi connectivity index (χ1) is 11.3. The standard InChI is InChI=1S/C18H25NO5/c1-18(2,3)24-17(22)19-15(16(20)21)14-6-4-12(5-7-14)13-8-10-23-11-9-13/h4-7,13,15H,8-11H2,1-3H3,(H,19,22)(H,20,21). The molecule has 24 heavy (non-hydrogen) atoms. The first-order valence-electron chi connectivity index (χ1n) is 8.16. The van der Waals surface area contributed by atoms with Crippen molar-refractivity contribution >= 4 is 12.1 Å². The molecule has 6 nitrogen and oxygen atoms in total. The average molecular weight is 335 g/mol. The van der Waals surface area contributed by atoms with E-state index < -0.39 is 23.7 Å². The molecule has 0 saturated carbocycles. The van der Waals surface area contributed by atoms with E-state index in [4.69, 9.17) is 9.47 Å². The van der Waals surface area contributed by atoms with Crippen molar-refractivity contribution in [3.8, 4) is 0 Å². The SMILES string of the molecule is CC(C)(C)OC(=O)NC(C(=O)O)c1ccc(C2CCOCC2)cc1. The summed E-state index contributed by atoms with van der Waals surface area (Å²) < 4.78 is 10.5. The van der Waals surface area contributed by atoms with Gasteiger partial charge in [-0.15, -0.1) is 0 Å². The molecule has 1 saturated heterocycles. The number of amides is 1. The van der Waals surface area contributed by atoms with Crippen LogP contribution in [0.4, 0.5) is 4.79 Å². The summed E-state index contributed by atoms with van der Waals surface area (Å²) in [4.78, 5) is 23.4. The highest BCUT2D eigenvalue weighted by molar-refractivity contribution is 5.81. The molecule has 0 aromatic heterocycles. The highest BCUT2D eigenvalue weighted by atomic mass is 16.6. The highest BCUT2D eigenvalue weighted by Crippen LogP contribution is 2.28. The fourth-order valence-electron chi connectivity index (χ4n) is 2.70. The Morgan fingerprint density at radius 1 is 1.21 bits per heavy atom. The number of benzene rings is 1. The first-order valence-corrected chi connectivity index (χ1v) is 8.16. The van der Waals surface area contributed by atoms with Crippen LogP contribution in [0.3, 0.4) is 0 Å². The number of nitrogens with one attached hydrogen (secondary N) is 1. The van der Waals surface area contributed by atoms with Crippen LogP contribution in [0.5, 0.6) is 0 Å². The number of hydrogen-bond acceptors (Lipinski definition) is 4. The summed E-state index contributed by atoms with van der Waals surface area (Å²) in [5.41, 5.74) is 1.01. The van der Waals surface area contributed by atoms with Crippen LogP contribution in [0, 0.1) is 0 Å². The minimum atomic E-state index is -1.14. The van der Waals surface area contributed by atoms with E-state index in [1.165, 1.54) is 5.56 Å². The van der Waals surface area contributed by atoms with E-state index in [2.05, 4.69) is 5.32 Å². The molecule has 1 aromatic rings. The molecule has 132 valence electrons. The molecule has 0 bridgehead atoms. The van der Waals surface area contributed by atoms with Crippen LogP contribution in [0.2, 0.25) is 0 Å². The molecule has 2 N–H and O–H groups in total. The number of carbonyl (C=O) groups is 2. The number of alkyl carbamates (subject to hydrolysis) is 1. The van der Waals surface area contributed by atoms with Gasteiger partial charge in [-0.1, -0.05) is 24.3 Å². The molecule has 0 aliphatic carbocycles. The van der Waals surface area contributed by atoms with Gasteiger partial charge in [0.1, 0.15) is 5.60 Å². The van der Waals surface area contributed by atoms with Crippen molar-refractivity contribution in [2.45, 2.75) is 51.2 Å². The Balaban J connectivity index is 2.07. The number of carbonyl (C=O) groups excluding carboxylic acids is 1. The summed E-state index contributed by atoms with van der Waals surface area (Å²) in [6.07, 6.45) is 1.19. The topological polar surface area (TPSA) is 84.9 Å². The third-order valence-corrected chi connectivity index (χ3v) is 3.87. The number of carboxylic acids is 1. The lowest BCUT2D eigenvalue weighted by Gasteiger charge is -2.24. The Morgan fingerprint density at radius 2 is 1.79 bits per heavy atom. The summed E-state index contributed by atoms with van der Waals surface area (Å²) >= 11 is 0. The van der Waals surface area contributed by atoms with E-state index in [1.807, 2.05) is 12.1 Å². The fourth-order valence-corrected chi connectivity index (χ4v) is 2.70. The van der Waals surface area contributed by atoms with Gasteiger partial charge in [0.25, 0.3) is 0 Å². The van der Waals surface area contributed by atoms with E-state index >= 15 is 0 Å². The molecule has 0 spiro atoms. The highest BCUT2D eigenvalue weighted by Gasteiger charge is 2.26. The molecular weight excluding hydrogens is 310 g/mol. The number of hydrogen-bond donors (Lipinski definition) is 2. The van der Waals surface area contributed by atoms with Gasteiger partial charge in [-0.2, -0.15) is 0 Å². The van der Waals surface area contributed by atoms with Crippen molar-refractivity contribution in [3.63, 3.8) is 0 Å². The molecule has 2 rings (SSSR count). The molecule has 1 aromatic carbocycles. The molecule has 0 radical (unpaired) electrons. The van der Waals surface area contributed by atoms with E-state index in [0.717, 1.165) is 26.1 Å². The maximum absolute atomic E-state index is 11.9. The van der Waals surface area contributed by atoms with E-state index in [-0.39, 0.29) is 0 Å². The number of aliphatic carboxylic acids is 1. The molecule has 1 aliphatic rings. The zero-order valence-corrected chi connectivity index (χ0v) is 14.4. The summed E-state index contributed by atoms with van der Waals surface area (Å²) in [5.74, 6) is -0.686. The molecule has 1 heterocycles. The van der Waals surface area contributed by atoms with Crippen molar-refractivity contribution in [1.29, 1.82) is 0 Å². The second kappa shape index (κ2) is 7.66. The predicted molar refractivity (Wildman–Crippen MR) is 89.0 cm³/mol. The largest absolute Gasteiger partial charge is 0.479 e. The predicted octanol–water partition coefficient (Wildman–Crippen LogP) is 3.23. The van der Waals surface area contributed by atoms with Crippen LogP contribution in [-0.4, -0.2) is 36.0 Å². The molecular formula is C18H25NO5. The maximum atomic E-state index is 11.9. The van der Waals surface area contributed by atoms with Crippen molar-refractivity contribution < 1.29 is 24.2 Å². The quantitative estimate of drug-likeness (QED) is 0.882. The number of rotatable bonds is 4. The van der Waals surface area contributed by atoms with Crippen molar-refractivity contribution in [3.05, 3.63) is 35.4 Å². The van der Waals surface area contributed by atoms with Crippen LogP contribution >= 0.6 is 0 Å². The summed E-state index contributed by atoms with van der Waals surface area (Å²) in [5, 5.41) is 11.8. The van der Waals surface area contributed by atoms with Crippen molar-refractivity contribution in [2.75, 3.05) is 13.2 Å². The second-order valence-corrected chi connectivity index (χ2v) is 6.97. The minimum absolute atomic E-state index is 0.440. The van der Waals surface area contributed by atoms with Crippen LogP contribution in [0.15, 0.2) is 24.3 Å².